The van der Waals surface area contributed by atoms with Gasteiger partial charge in [-0.25, -0.2) is 0 Å². The van der Waals surface area contributed by atoms with Crippen LogP contribution in [0.25, 0.3) is 0 Å². The molecule has 0 aliphatic carbocycles. The molecule has 4 nitrogen and oxygen atoms in total. The Kier molecular flexibility index (Phi) is 3.98. The number of nitrogens with one attached hydrogen (secondary N) is 1. The van der Waals surface area contributed by atoms with Gasteiger partial charge in [0.15, 0.2) is 0 Å². The lowest BCUT2D eigenvalue weighted by Crippen LogP contribution is -2.13. The molecule has 16 heavy (non-hydrogen) atoms. The molecule has 2 aromatic rings. The van der Waals surface area contributed by atoms with E-state index in [0.29, 0.717) is 0 Å². The van der Waals surface area contributed by atoms with Gasteiger partial charge in [-0.05, 0) is 22.7 Å². The molecule has 0 saturated carbocycles. The maximum Gasteiger partial charge on any atom is 0.0893 e. The summed E-state index contributed by atoms with van der Waals surface area (Å²) in [6, 6.07) is 7.89. The van der Waals surface area contributed by atoms with Gasteiger partial charge < -0.3 is 10.4 Å². The number of aliphatic hydroxyl groups excluding tert-OH is 1. The predicted octanol–water partition coefficient (Wildman–Crippen LogP) is 1.32. The summed E-state index contributed by atoms with van der Waals surface area (Å²) < 4.78 is 3.79. The Balaban J connectivity index is 1.85. The first-order valence-electron chi connectivity index (χ1n) is 5.04. The lowest BCUT2D eigenvalue weighted by molar-refractivity contribution is 0.281. The van der Waals surface area contributed by atoms with Crippen molar-refractivity contribution in [3.8, 4) is 0 Å². The van der Waals surface area contributed by atoms with Crippen LogP contribution >= 0.6 is 11.5 Å². The van der Waals surface area contributed by atoms with E-state index in [2.05, 4.69) is 14.9 Å². The maximum absolute atomic E-state index is 9.00. The number of benzene rings is 1. The zero-order chi connectivity index (χ0) is 11.2. The van der Waals surface area contributed by atoms with Crippen LogP contribution in [-0.2, 0) is 19.7 Å². The van der Waals surface area contributed by atoms with Gasteiger partial charge in [0, 0.05) is 18.5 Å². The van der Waals surface area contributed by atoms with Gasteiger partial charge in [0.05, 0.1) is 12.3 Å². The Morgan fingerprint density at radius 3 is 2.88 bits per heavy atom. The zero-order valence-corrected chi connectivity index (χ0v) is 9.57. The Morgan fingerprint density at radius 1 is 1.25 bits per heavy atom. The van der Waals surface area contributed by atoms with E-state index in [1.165, 1.54) is 11.5 Å². The third kappa shape index (κ3) is 3.10. The van der Waals surface area contributed by atoms with Gasteiger partial charge in [0.2, 0.25) is 0 Å². The zero-order valence-electron chi connectivity index (χ0n) is 8.76. The van der Waals surface area contributed by atoms with Crippen molar-refractivity contribution in [2.45, 2.75) is 19.7 Å². The van der Waals surface area contributed by atoms with E-state index < -0.39 is 0 Å². The summed E-state index contributed by atoms with van der Waals surface area (Å²) in [5.41, 5.74) is 3.06. The summed E-state index contributed by atoms with van der Waals surface area (Å²) >= 11 is 1.36. The fourth-order valence-electron chi connectivity index (χ4n) is 1.43. The molecule has 1 aromatic heterocycles. The molecule has 1 aromatic carbocycles. The Bertz CT molecular complexity index is 431. The van der Waals surface area contributed by atoms with Crippen molar-refractivity contribution in [3.05, 3.63) is 46.5 Å². The molecule has 0 saturated heterocycles. The normalized spacial score (nSPS) is 10.6. The summed E-state index contributed by atoms with van der Waals surface area (Å²) in [6.45, 7) is 1.58. The van der Waals surface area contributed by atoms with Crippen molar-refractivity contribution in [1.82, 2.24) is 14.9 Å². The molecular weight excluding hydrogens is 222 g/mol. The van der Waals surface area contributed by atoms with Crippen LogP contribution < -0.4 is 5.32 Å². The fraction of sp³-hybridized carbons (Fsp3) is 0.273. The molecule has 0 unspecified atom stereocenters. The van der Waals surface area contributed by atoms with Crippen LogP contribution in [0.15, 0.2) is 29.6 Å². The van der Waals surface area contributed by atoms with Crippen LogP contribution in [0.1, 0.15) is 16.8 Å². The standard InChI is InChI=1S/C11H13N3OS/c15-7-10-3-1-2-9(4-10)5-12-6-11-8-16-14-13-11/h1-4,8,12,15H,5-7H2. The average Bonchev–Trinajstić information content (AvgIpc) is 2.82. The molecule has 5 heteroatoms. The molecule has 0 spiro atoms. The fourth-order valence-corrected chi connectivity index (χ4v) is 1.89. The van der Waals surface area contributed by atoms with Crippen molar-refractivity contribution in [2.24, 2.45) is 0 Å². The highest BCUT2D eigenvalue weighted by Gasteiger charge is 1.97. The summed E-state index contributed by atoms with van der Waals surface area (Å²) in [5, 5.41) is 18.2. The number of nitrogens with zero attached hydrogens (tertiary/aromatic N) is 2. The van der Waals surface area contributed by atoms with E-state index in [-0.39, 0.29) is 6.61 Å². The molecule has 0 aliphatic heterocycles. The van der Waals surface area contributed by atoms with E-state index in [1.807, 2.05) is 29.6 Å². The SMILES string of the molecule is OCc1cccc(CNCc2csnn2)c1. The third-order valence-corrected chi connectivity index (χ3v) is 2.77. The van der Waals surface area contributed by atoms with Gasteiger partial charge >= 0.3 is 0 Å². The first-order chi connectivity index (χ1) is 7.88. The molecular formula is C11H13N3OS. The van der Waals surface area contributed by atoms with E-state index in [4.69, 9.17) is 5.11 Å². The minimum Gasteiger partial charge on any atom is -0.392 e. The van der Waals surface area contributed by atoms with E-state index in [9.17, 15) is 0 Å². The molecule has 0 bridgehead atoms. The number of aromatic nitrogens is 2. The van der Waals surface area contributed by atoms with Crippen LogP contribution in [0.3, 0.4) is 0 Å². The van der Waals surface area contributed by atoms with Gasteiger partial charge in [0.1, 0.15) is 0 Å². The minimum absolute atomic E-state index is 0.0871. The van der Waals surface area contributed by atoms with Crippen molar-refractivity contribution >= 4 is 11.5 Å². The van der Waals surface area contributed by atoms with Crippen LogP contribution in [0.5, 0.6) is 0 Å². The average molecular weight is 235 g/mol. The van der Waals surface area contributed by atoms with Crippen LogP contribution in [0, 0.1) is 0 Å². The van der Waals surface area contributed by atoms with Crippen LogP contribution in [-0.4, -0.2) is 14.7 Å². The second kappa shape index (κ2) is 5.69. The number of hydrogen-bond donors (Lipinski definition) is 2. The van der Waals surface area contributed by atoms with Crippen molar-refractivity contribution < 1.29 is 5.11 Å². The van der Waals surface area contributed by atoms with Gasteiger partial charge in [-0.15, -0.1) is 5.10 Å². The topological polar surface area (TPSA) is 58.0 Å². The second-order valence-electron chi connectivity index (χ2n) is 3.48. The monoisotopic (exact) mass is 235 g/mol. The van der Waals surface area contributed by atoms with Gasteiger partial charge in [-0.3, -0.25) is 0 Å². The predicted molar refractivity (Wildman–Crippen MR) is 62.8 cm³/mol. The number of rotatable bonds is 5. The quantitative estimate of drug-likeness (QED) is 0.820. The van der Waals surface area contributed by atoms with Gasteiger partial charge in [-0.2, -0.15) is 0 Å². The van der Waals surface area contributed by atoms with Crippen molar-refractivity contribution in [1.29, 1.82) is 0 Å². The van der Waals surface area contributed by atoms with Crippen LogP contribution in [0.4, 0.5) is 0 Å². The molecule has 2 N–H and O–H groups in total. The Labute approximate surface area is 98.1 Å². The molecule has 0 aliphatic rings. The lowest BCUT2D eigenvalue weighted by atomic mass is 10.1. The first kappa shape index (κ1) is 11.2. The highest BCUT2D eigenvalue weighted by Crippen LogP contribution is 2.05. The van der Waals surface area contributed by atoms with Crippen molar-refractivity contribution in [2.75, 3.05) is 0 Å². The Hall–Kier alpha value is -1.30. The van der Waals surface area contributed by atoms with E-state index in [1.54, 1.807) is 0 Å². The lowest BCUT2D eigenvalue weighted by Gasteiger charge is -2.04. The third-order valence-electron chi connectivity index (χ3n) is 2.21. The number of aliphatic hydroxyl groups is 1. The first-order valence-corrected chi connectivity index (χ1v) is 5.87. The van der Waals surface area contributed by atoms with Crippen molar-refractivity contribution in [3.63, 3.8) is 0 Å². The molecule has 1 heterocycles. The van der Waals surface area contributed by atoms with E-state index >= 15 is 0 Å². The number of hydrogen-bond acceptors (Lipinski definition) is 5. The molecule has 84 valence electrons. The largest absolute Gasteiger partial charge is 0.392 e. The van der Waals surface area contributed by atoms with Crippen LogP contribution in [0.2, 0.25) is 0 Å². The highest BCUT2D eigenvalue weighted by atomic mass is 32.1. The molecule has 0 amide bonds. The molecule has 0 atom stereocenters. The summed E-state index contributed by atoms with van der Waals surface area (Å²) in [5.74, 6) is 0. The second-order valence-corrected chi connectivity index (χ2v) is 4.09. The Morgan fingerprint density at radius 2 is 2.12 bits per heavy atom. The summed E-state index contributed by atoms with van der Waals surface area (Å²) in [6.07, 6.45) is 0. The molecule has 2 rings (SSSR count). The minimum atomic E-state index is 0.0871. The molecule has 0 radical (unpaired) electrons. The summed E-state index contributed by atoms with van der Waals surface area (Å²) in [4.78, 5) is 0. The summed E-state index contributed by atoms with van der Waals surface area (Å²) in [7, 11) is 0. The molecule has 0 fully saturated rings. The maximum atomic E-state index is 9.00. The smallest absolute Gasteiger partial charge is 0.0893 e. The highest BCUT2D eigenvalue weighted by molar-refractivity contribution is 7.03. The van der Waals surface area contributed by atoms with Gasteiger partial charge in [-0.1, -0.05) is 28.8 Å². The van der Waals surface area contributed by atoms with Gasteiger partial charge in [0.25, 0.3) is 0 Å². The van der Waals surface area contributed by atoms with E-state index in [0.717, 1.165) is 29.9 Å².